The van der Waals surface area contributed by atoms with E-state index in [1.54, 1.807) is 23.9 Å². The van der Waals surface area contributed by atoms with Gasteiger partial charge < -0.3 is 20.4 Å². The van der Waals surface area contributed by atoms with Crippen molar-refractivity contribution in [2.45, 2.75) is 61.4 Å². The lowest BCUT2D eigenvalue weighted by atomic mass is 9.71. The van der Waals surface area contributed by atoms with Gasteiger partial charge in [0.25, 0.3) is 21.6 Å². The van der Waals surface area contributed by atoms with Gasteiger partial charge in [0.05, 0.1) is 15.5 Å². The van der Waals surface area contributed by atoms with Gasteiger partial charge in [-0.15, -0.1) is 24.2 Å². The van der Waals surface area contributed by atoms with E-state index in [4.69, 9.17) is 11.6 Å². The number of fused-ring (bicyclic) bond motifs is 1. The van der Waals surface area contributed by atoms with E-state index >= 15 is 0 Å². The molecule has 2 fully saturated rings. The standard InChI is InChI=1S/C54H64ClN9O5S2.ClH/c1-54(39-62-28-24-56-25-29-62)22-19-49(40-9-13-44(55)14-10-40)43(35-54)36-61-30-32-63(33-31-61)46-15-11-42(12-16-46)53(65)59-71(68,69)48-17-18-50(52(34-48)64(66)67)58-45(38-70-47-7-3-2-4-8-47)21-27-60-26-20-41-6-5-23-57-51(41)37-60;/h2-18,23,34,45,56,58H,19-22,24-33,35-39H2,1H3,(H,59,65);1H/t45-,54-;/m1./s1. The Kier molecular flexibility index (Phi) is 18.0. The Bertz CT molecular complexity index is 2790. The molecule has 382 valence electrons. The zero-order valence-corrected chi connectivity index (χ0v) is 44.0. The number of carbonyl (C=O) groups is 1. The Balaban J connectivity index is 0.00000693. The van der Waals surface area contributed by atoms with Crippen molar-refractivity contribution in [3.05, 3.63) is 158 Å². The van der Waals surface area contributed by atoms with Crippen LogP contribution >= 0.6 is 35.8 Å². The van der Waals surface area contributed by atoms with Crippen LogP contribution in [0.1, 0.15) is 59.8 Å². The zero-order valence-electron chi connectivity index (χ0n) is 40.8. The van der Waals surface area contributed by atoms with Crippen LogP contribution in [0.2, 0.25) is 5.02 Å². The van der Waals surface area contributed by atoms with Crippen molar-refractivity contribution >= 4 is 74.3 Å². The molecule has 14 nitrogen and oxygen atoms in total. The van der Waals surface area contributed by atoms with Gasteiger partial charge in [0.1, 0.15) is 5.69 Å². The highest BCUT2D eigenvalue weighted by Gasteiger charge is 2.35. The maximum atomic E-state index is 13.7. The van der Waals surface area contributed by atoms with Crippen LogP contribution in [0, 0.1) is 15.5 Å². The highest BCUT2D eigenvalue weighted by Crippen LogP contribution is 2.44. The smallest absolute Gasteiger partial charge is 0.293 e. The molecule has 5 aromatic rings. The van der Waals surface area contributed by atoms with Crippen LogP contribution in [0.25, 0.3) is 5.57 Å². The van der Waals surface area contributed by atoms with Crippen LogP contribution in [-0.4, -0.2) is 129 Å². The highest BCUT2D eigenvalue weighted by molar-refractivity contribution is 7.99. The quantitative estimate of drug-likeness (QED) is 0.0435. The van der Waals surface area contributed by atoms with Crippen molar-refractivity contribution in [2.75, 3.05) is 94.5 Å². The van der Waals surface area contributed by atoms with E-state index in [-0.39, 0.29) is 40.0 Å². The molecule has 0 bridgehead atoms. The molecule has 1 aromatic heterocycles. The number of halogens is 2. The molecular weight excluding hydrogens is 990 g/mol. The summed E-state index contributed by atoms with van der Waals surface area (Å²) in [6.07, 6.45) is 6.69. The Hall–Kier alpha value is -5.04. The molecule has 4 heterocycles. The predicted octanol–water partition coefficient (Wildman–Crippen LogP) is 8.88. The molecular formula is C54H65Cl2N9O5S2. The number of benzene rings is 4. The molecule has 72 heavy (non-hydrogen) atoms. The van der Waals surface area contributed by atoms with Gasteiger partial charge in [-0.1, -0.05) is 60.5 Å². The van der Waals surface area contributed by atoms with Gasteiger partial charge in [-0.3, -0.25) is 29.7 Å². The molecule has 1 aliphatic carbocycles. The summed E-state index contributed by atoms with van der Waals surface area (Å²) in [5.41, 5.74) is 7.70. The molecule has 0 spiro atoms. The van der Waals surface area contributed by atoms with Crippen molar-refractivity contribution in [3.8, 4) is 0 Å². The van der Waals surface area contributed by atoms with Crippen LogP contribution in [0.5, 0.6) is 0 Å². The summed E-state index contributed by atoms with van der Waals surface area (Å²) in [5, 5.41) is 20.1. The molecule has 18 heteroatoms. The lowest BCUT2D eigenvalue weighted by Gasteiger charge is -2.43. The topological polar surface area (TPSA) is 156 Å². The van der Waals surface area contributed by atoms with Crippen LogP contribution in [0.3, 0.4) is 0 Å². The van der Waals surface area contributed by atoms with E-state index in [1.165, 1.54) is 34.4 Å². The maximum Gasteiger partial charge on any atom is 0.293 e. The van der Waals surface area contributed by atoms with Crippen molar-refractivity contribution in [1.82, 2.24) is 29.7 Å². The maximum absolute atomic E-state index is 13.7. The highest BCUT2D eigenvalue weighted by atomic mass is 35.5. The number of nitrogens with one attached hydrogen (secondary N) is 3. The van der Waals surface area contributed by atoms with Gasteiger partial charge in [-0.2, -0.15) is 0 Å². The molecule has 2 saturated heterocycles. The fraction of sp³-hybridized carbons (Fsp3) is 0.407. The number of allylic oxidation sites excluding steroid dienone is 1. The van der Waals surface area contributed by atoms with Gasteiger partial charge in [0.15, 0.2) is 0 Å². The van der Waals surface area contributed by atoms with Gasteiger partial charge in [-0.25, -0.2) is 13.1 Å². The first-order valence-electron chi connectivity index (χ1n) is 24.8. The average Bonchev–Trinajstić information content (AvgIpc) is 3.38. The second kappa shape index (κ2) is 24.3. The molecule has 2 atom stereocenters. The molecule has 9 rings (SSSR count). The second-order valence-electron chi connectivity index (χ2n) is 19.7. The Morgan fingerprint density at radius 2 is 1.64 bits per heavy atom. The third-order valence-electron chi connectivity index (χ3n) is 14.4. The number of sulfonamides is 1. The number of nitro benzene ring substituents is 1. The molecule has 0 saturated carbocycles. The number of anilines is 2. The number of carbonyl (C=O) groups excluding carboxylic acids is 1. The number of aromatic nitrogens is 1. The van der Waals surface area contributed by atoms with Crippen LogP contribution in [0.15, 0.2) is 131 Å². The number of amides is 1. The third-order valence-corrected chi connectivity index (χ3v) is 17.2. The summed E-state index contributed by atoms with van der Waals surface area (Å²) in [4.78, 5) is 40.5. The summed E-state index contributed by atoms with van der Waals surface area (Å²) in [7, 11) is -4.47. The van der Waals surface area contributed by atoms with E-state index in [1.807, 2.05) is 66.9 Å². The van der Waals surface area contributed by atoms with Crippen molar-refractivity contribution < 1.29 is 18.1 Å². The summed E-state index contributed by atoms with van der Waals surface area (Å²) in [5.74, 6) is -0.196. The Morgan fingerprint density at radius 3 is 2.38 bits per heavy atom. The van der Waals surface area contributed by atoms with E-state index in [9.17, 15) is 23.3 Å². The van der Waals surface area contributed by atoms with Crippen molar-refractivity contribution in [2.24, 2.45) is 5.41 Å². The van der Waals surface area contributed by atoms with Crippen molar-refractivity contribution in [3.63, 3.8) is 0 Å². The van der Waals surface area contributed by atoms with Crippen LogP contribution in [0.4, 0.5) is 17.1 Å². The minimum atomic E-state index is -4.47. The van der Waals surface area contributed by atoms with Gasteiger partial charge in [-0.05, 0) is 121 Å². The zero-order chi connectivity index (χ0) is 49.4. The number of hydrogen-bond donors (Lipinski definition) is 3. The number of hydrogen-bond acceptors (Lipinski definition) is 13. The molecule has 4 aromatic carbocycles. The lowest BCUT2D eigenvalue weighted by Crippen LogP contribution is -2.49. The average molecular weight is 1060 g/mol. The van der Waals surface area contributed by atoms with Gasteiger partial charge in [0, 0.05) is 130 Å². The molecule has 0 unspecified atom stereocenters. The Labute approximate surface area is 439 Å². The monoisotopic (exact) mass is 1050 g/mol. The van der Waals surface area contributed by atoms with Crippen LogP contribution < -0.4 is 20.3 Å². The SMILES string of the molecule is C[C@@]1(CN2CCNCC2)CCC(c2ccc(Cl)cc2)=C(CN2CCN(c3ccc(C(=O)NS(=O)(=O)c4ccc(N[C@H](CCN5CCc6cccnc6C5)CSc5ccccc5)c([N+](=O)[O-])c4)cc3)CC2)C1.Cl. The van der Waals surface area contributed by atoms with Crippen molar-refractivity contribution in [1.29, 1.82) is 0 Å². The minimum absolute atomic E-state index is 0. The lowest BCUT2D eigenvalue weighted by molar-refractivity contribution is -0.384. The minimum Gasteiger partial charge on any atom is -0.376 e. The molecule has 1 amide bonds. The largest absolute Gasteiger partial charge is 0.376 e. The second-order valence-corrected chi connectivity index (χ2v) is 22.9. The number of nitrogens with zero attached hydrogens (tertiary/aromatic N) is 6. The van der Waals surface area contributed by atoms with E-state index in [0.29, 0.717) is 12.2 Å². The Morgan fingerprint density at radius 1 is 0.889 bits per heavy atom. The molecule has 3 N–H and O–H groups in total. The van der Waals surface area contributed by atoms with Crippen LogP contribution in [-0.2, 0) is 23.0 Å². The number of nitro groups is 1. The number of thioether (sulfide) groups is 1. The predicted molar refractivity (Wildman–Crippen MR) is 292 cm³/mol. The number of pyridine rings is 1. The summed E-state index contributed by atoms with van der Waals surface area (Å²) in [6.45, 7) is 14.5. The first kappa shape index (κ1) is 53.3. The van der Waals surface area contributed by atoms with E-state index in [2.05, 4.69) is 65.1 Å². The third kappa shape index (κ3) is 13.8. The fourth-order valence-corrected chi connectivity index (χ4v) is 12.6. The normalized spacial score (nSPS) is 19.5. The number of rotatable bonds is 18. The first-order valence-corrected chi connectivity index (χ1v) is 27.6. The summed E-state index contributed by atoms with van der Waals surface area (Å²) < 4.78 is 29.5. The summed E-state index contributed by atoms with van der Waals surface area (Å²) >= 11 is 7.96. The van der Waals surface area contributed by atoms with E-state index in [0.717, 1.165) is 138 Å². The molecule has 0 radical (unpaired) electrons. The van der Waals surface area contributed by atoms with Gasteiger partial charge >= 0.3 is 0 Å². The fourth-order valence-electron chi connectivity index (χ4n) is 10.5. The summed E-state index contributed by atoms with van der Waals surface area (Å²) in [6, 6.07) is 32.9. The molecule has 3 aliphatic heterocycles. The number of piperazine rings is 2. The van der Waals surface area contributed by atoms with E-state index < -0.39 is 26.5 Å². The first-order chi connectivity index (χ1) is 34.4. The van der Waals surface area contributed by atoms with Gasteiger partial charge in [0.2, 0.25) is 0 Å². The molecule has 4 aliphatic rings.